The van der Waals surface area contributed by atoms with Gasteiger partial charge in [0.05, 0.1) is 13.2 Å². The molecule has 0 saturated heterocycles. The standard InChI is InChI=1S/C35H37N3O6/c36-31(25-42-22-27-10-4-1-5-11-27)34(40)38-32(35(41)37-21-33(39)44-24-29-14-8-3-9-15-29)20-26-16-18-30(19-17-26)43-23-28-12-6-2-7-13-28/h1-19,31-32H,20-25,36H2,(H,37,41)(H,38,40)/t31-,32-/m0/s1. The molecule has 0 bridgehead atoms. The third-order valence-electron chi connectivity index (χ3n) is 6.64. The summed E-state index contributed by atoms with van der Waals surface area (Å²) in [5.41, 5.74) is 9.68. The quantitative estimate of drug-likeness (QED) is 0.169. The summed E-state index contributed by atoms with van der Waals surface area (Å²) < 4.78 is 16.7. The monoisotopic (exact) mass is 595 g/mol. The van der Waals surface area contributed by atoms with Crippen molar-refractivity contribution in [1.82, 2.24) is 10.6 Å². The van der Waals surface area contributed by atoms with Crippen LogP contribution >= 0.6 is 0 Å². The zero-order valence-corrected chi connectivity index (χ0v) is 24.4. The third kappa shape index (κ3) is 11.0. The zero-order valence-electron chi connectivity index (χ0n) is 24.4. The van der Waals surface area contributed by atoms with Crippen LogP contribution in [0.5, 0.6) is 5.75 Å². The molecule has 9 nitrogen and oxygen atoms in total. The minimum absolute atomic E-state index is 0.0334. The van der Waals surface area contributed by atoms with Crippen LogP contribution in [-0.2, 0) is 50.1 Å². The number of esters is 1. The molecule has 9 heteroatoms. The van der Waals surface area contributed by atoms with E-state index in [4.69, 9.17) is 19.9 Å². The predicted molar refractivity (Wildman–Crippen MR) is 166 cm³/mol. The molecule has 0 unspecified atom stereocenters. The summed E-state index contributed by atoms with van der Waals surface area (Å²) in [7, 11) is 0. The molecule has 4 N–H and O–H groups in total. The molecule has 0 saturated carbocycles. The number of benzene rings is 4. The summed E-state index contributed by atoms with van der Waals surface area (Å²) in [5.74, 6) is -1.02. The molecule has 0 fully saturated rings. The molecule has 0 aliphatic rings. The first-order valence-corrected chi connectivity index (χ1v) is 14.4. The number of carbonyl (C=O) groups excluding carboxylic acids is 3. The van der Waals surface area contributed by atoms with E-state index in [1.54, 1.807) is 12.1 Å². The summed E-state index contributed by atoms with van der Waals surface area (Å²) in [4.78, 5) is 38.4. The summed E-state index contributed by atoms with van der Waals surface area (Å²) in [6.45, 7) is 0.429. The zero-order chi connectivity index (χ0) is 31.0. The molecule has 0 aromatic heterocycles. The van der Waals surface area contributed by atoms with E-state index in [1.165, 1.54) is 0 Å². The lowest BCUT2D eigenvalue weighted by molar-refractivity contribution is -0.145. The van der Waals surface area contributed by atoms with Crippen LogP contribution in [0.3, 0.4) is 0 Å². The minimum atomic E-state index is -1.00. The van der Waals surface area contributed by atoms with Gasteiger partial charge in [-0.1, -0.05) is 103 Å². The Balaban J connectivity index is 1.33. The highest BCUT2D eigenvalue weighted by Crippen LogP contribution is 2.16. The van der Waals surface area contributed by atoms with E-state index in [1.807, 2.05) is 103 Å². The lowest BCUT2D eigenvalue weighted by Crippen LogP contribution is -2.54. The van der Waals surface area contributed by atoms with Gasteiger partial charge >= 0.3 is 5.97 Å². The fraction of sp³-hybridized carbons (Fsp3) is 0.229. The first kappa shape index (κ1) is 31.9. The molecule has 2 atom stereocenters. The number of nitrogens with one attached hydrogen (secondary N) is 2. The van der Waals surface area contributed by atoms with Gasteiger partial charge in [-0.25, -0.2) is 0 Å². The molecule has 44 heavy (non-hydrogen) atoms. The van der Waals surface area contributed by atoms with E-state index in [2.05, 4.69) is 10.6 Å². The van der Waals surface area contributed by atoms with E-state index in [0.717, 1.165) is 22.3 Å². The summed E-state index contributed by atoms with van der Waals surface area (Å²) >= 11 is 0. The average molecular weight is 596 g/mol. The molecule has 0 heterocycles. The van der Waals surface area contributed by atoms with Crippen LogP contribution in [0.15, 0.2) is 115 Å². The highest BCUT2D eigenvalue weighted by atomic mass is 16.5. The smallest absolute Gasteiger partial charge is 0.325 e. The van der Waals surface area contributed by atoms with Crippen LogP contribution in [0.25, 0.3) is 0 Å². The summed E-state index contributed by atoms with van der Waals surface area (Å²) in [6.07, 6.45) is 0.160. The topological polar surface area (TPSA) is 129 Å². The molecule has 0 aliphatic carbocycles. The second kappa shape index (κ2) is 17.2. The SMILES string of the molecule is N[C@@H](COCc1ccccc1)C(=O)N[C@@H](Cc1ccc(OCc2ccccc2)cc1)C(=O)NCC(=O)OCc1ccccc1. The van der Waals surface area contributed by atoms with Gasteiger partial charge in [0.25, 0.3) is 0 Å². The molecular weight excluding hydrogens is 558 g/mol. The number of ether oxygens (including phenoxy) is 3. The Hall–Kier alpha value is -4.99. The van der Waals surface area contributed by atoms with Gasteiger partial charge in [-0.05, 0) is 34.4 Å². The average Bonchev–Trinajstić information content (AvgIpc) is 3.07. The molecule has 0 aliphatic heterocycles. The van der Waals surface area contributed by atoms with Gasteiger partial charge in [-0.3, -0.25) is 14.4 Å². The van der Waals surface area contributed by atoms with E-state index >= 15 is 0 Å². The molecule has 2 amide bonds. The van der Waals surface area contributed by atoms with E-state index in [9.17, 15) is 14.4 Å². The lowest BCUT2D eigenvalue weighted by Gasteiger charge is -2.21. The molecule has 0 radical (unpaired) electrons. The molecule has 4 aromatic carbocycles. The first-order chi connectivity index (χ1) is 21.5. The van der Waals surface area contributed by atoms with Crippen molar-refractivity contribution in [2.75, 3.05) is 13.2 Å². The lowest BCUT2D eigenvalue weighted by atomic mass is 10.0. The van der Waals surface area contributed by atoms with Crippen molar-refractivity contribution >= 4 is 17.8 Å². The Bertz CT molecular complexity index is 1450. The highest BCUT2D eigenvalue weighted by Gasteiger charge is 2.25. The van der Waals surface area contributed by atoms with Gasteiger partial charge in [0.1, 0.15) is 37.6 Å². The second-order valence-electron chi connectivity index (χ2n) is 10.2. The van der Waals surface area contributed by atoms with Crippen molar-refractivity contribution in [3.8, 4) is 5.75 Å². The Morgan fingerprint density at radius 3 is 1.77 bits per heavy atom. The second-order valence-corrected chi connectivity index (χ2v) is 10.2. The molecule has 4 rings (SSSR count). The summed E-state index contributed by atoms with van der Waals surface area (Å²) in [5, 5.41) is 5.29. The van der Waals surface area contributed by atoms with Crippen LogP contribution in [0.1, 0.15) is 22.3 Å². The van der Waals surface area contributed by atoms with Crippen LogP contribution in [0.4, 0.5) is 0 Å². The normalized spacial score (nSPS) is 12.0. The third-order valence-corrected chi connectivity index (χ3v) is 6.64. The van der Waals surface area contributed by atoms with Gasteiger partial charge < -0.3 is 30.6 Å². The maximum atomic E-state index is 13.2. The Kier molecular flexibility index (Phi) is 12.5. The van der Waals surface area contributed by atoms with Gasteiger partial charge in [-0.2, -0.15) is 0 Å². The van der Waals surface area contributed by atoms with E-state index < -0.39 is 29.9 Å². The van der Waals surface area contributed by atoms with Crippen molar-refractivity contribution in [1.29, 1.82) is 0 Å². The van der Waals surface area contributed by atoms with Crippen molar-refractivity contribution in [2.45, 2.75) is 38.3 Å². The number of rotatable bonds is 16. The van der Waals surface area contributed by atoms with Gasteiger partial charge in [0.2, 0.25) is 11.8 Å². The van der Waals surface area contributed by atoms with Crippen molar-refractivity contribution in [3.05, 3.63) is 138 Å². The Labute approximate surface area is 257 Å². The maximum Gasteiger partial charge on any atom is 0.325 e. The fourth-order valence-corrected chi connectivity index (χ4v) is 4.21. The molecular formula is C35H37N3O6. The van der Waals surface area contributed by atoms with E-state index in [-0.39, 0.29) is 26.2 Å². The molecule has 0 spiro atoms. The fourth-order valence-electron chi connectivity index (χ4n) is 4.21. The van der Waals surface area contributed by atoms with Crippen LogP contribution in [0, 0.1) is 0 Å². The Morgan fingerprint density at radius 2 is 1.18 bits per heavy atom. The van der Waals surface area contributed by atoms with Gasteiger partial charge in [0.15, 0.2) is 0 Å². The predicted octanol–water partition coefficient (Wildman–Crippen LogP) is 3.70. The highest BCUT2D eigenvalue weighted by molar-refractivity contribution is 5.91. The maximum absolute atomic E-state index is 13.2. The van der Waals surface area contributed by atoms with Crippen molar-refractivity contribution < 1.29 is 28.6 Å². The minimum Gasteiger partial charge on any atom is -0.489 e. The first-order valence-electron chi connectivity index (χ1n) is 14.4. The number of carbonyl (C=O) groups is 3. The number of hydrogen-bond donors (Lipinski definition) is 3. The van der Waals surface area contributed by atoms with E-state index in [0.29, 0.717) is 19.0 Å². The molecule has 4 aromatic rings. The largest absolute Gasteiger partial charge is 0.489 e. The Morgan fingerprint density at radius 1 is 0.636 bits per heavy atom. The van der Waals surface area contributed by atoms with Crippen LogP contribution in [0.2, 0.25) is 0 Å². The molecule has 228 valence electrons. The number of hydrogen-bond acceptors (Lipinski definition) is 7. The summed E-state index contributed by atoms with van der Waals surface area (Å²) in [6, 6.07) is 33.8. The van der Waals surface area contributed by atoms with Gasteiger partial charge in [-0.15, -0.1) is 0 Å². The van der Waals surface area contributed by atoms with Crippen molar-refractivity contribution in [3.63, 3.8) is 0 Å². The van der Waals surface area contributed by atoms with Crippen LogP contribution < -0.4 is 21.1 Å². The van der Waals surface area contributed by atoms with Crippen molar-refractivity contribution in [2.24, 2.45) is 5.73 Å². The number of amides is 2. The number of nitrogens with two attached hydrogens (primary N) is 1. The van der Waals surface area contributed by atoms with Gasteiger partial charge in [0, 0.05) is 6.42 Å². The van der Waals surface area contributed by atoms with Crippen LogP contribution in [-0.4, -0.2) is 43.0 Å².